The van der Waals surface area contributed by atoms with Crippen LogP contribution < -0.4 is 10.6 Å². The average molecular weight is 366 g/mol. The van der Waals surface area contributed by atoms with Crippen molar-refractivity contribution in [1.29, 1.82) is 5.26 Å². The smallest absolute Gasteiger partial charge is 0.271 e. The number of rotatable bonds is 5. The Bertz CT molecular complexity index is 852. The number of aromatic nitrogens is 2. The topological polar surface area (TPSA) is 99.3 Å². The Balaban J connectivity index is 1.58. The third-order valence-corrected chi connectivity index (χ3v) is 5.03. The monoisotopic (exact) mass is 365 g/mol. The number of halogens is 1. The third kappa shape index (κ3) is 3.23. The van der Waals surface area contributed by atoms with E-state index in [0.29, 0.717) is 23.6 Å². The van der Waals surface area contributed by atoms with E-state index in [1.165, 1.54) is 11.3 Å². The summed E-state index contributed by atoms with van der Waals surface area (Å²) in [6.45, 7) is 4.01. The van der Waals surface area contributed by atoms with E-state index in [1.54, 1.807) is 11.3 Å². The van der Waals surface area contributed by atoms with E-state index in [2.05, 4.69) is 21.7 Å². The van der Waals surface area contributed by atoms with Crippen LogP contribution in [0.2, 0.25) is 5.15 Å². The molecule has 2 heterocycles. The molecule has 0 radical (unpaired) electrons. The summed E-state index contributed by atoms with van der Waals surface area (Å²) in [5.74, 6) is -0.861. The van der Waals surface area contributed by atoms with Gasteiger partial charge in [0.2, 0.25) is 5.91 Å². The van der Waals surface area contributed by atoms with Crippen molar-refractivity contribution in [2.24, 2.45) is 11.8 Å². The third-order valence-electron chi connectivity index (χ3n) is 3.87. The minimum atomic E-state index is -0.339. The highest BCUT2D eigenvalue weighted by atomic mass is 35.5. The Morgan fingerprint density at radius 1 is 1.62 bits per heavy atom. The first-order valence-corrected chi connectivity index (χ1v) is 8.72. The highest BCUT2D eigenvalue weighted by molar-refractivity contribution is 7.17. The van der Waals surface area contributed by atoms with Gasteiger partial charge in [-0.2, -0.15) is 5.26 Å². The number of fused-ring (bicyclic) bond motifs is 1. The number of nitrogens with zero attached hydrogens (tertiary/aromatic N) is 3. The second-order valence-electron chi connectivity index (χ2n) is 5.94. The van der Waals surface area contributed by atoms with Crippen molar-refractivity contribution in [3.8, 4) is 6.07 Å². The van der Waals surface area contributed by atoms with E-state index in [1.807, 2.05) is 13.1 Å². The lowest BCUT2D eigenvalue weighted by Gasteiger charge is -2.14. The molecule has 2 amide bonds. The maximum atomic E-state index is 12.4. The molecule has 2 aromatic heterocycles. The molecule has 24 heavy (non-hydrogen) atoms. The molecule has 2 aromatic rings. The fraction of sp³-hybridized carbons (Fsp3) is 0.467. The Morgan fingerprint density at radius 3 is 3.04 bits per heavy atom. The molecular formula is C15H16ClN5O2S. The number of imidazole rings is 1. The molecule has 0 saturated heterocycles. The van der Waals surface area contributed by atoms with E-state index >= 15 is 0 Å². The molecule has 3 atom stereocenters. The highest BCUT2D eigenvalue weighted by Crippen LogP contribution is 2.37. The van der Waals surface area contributed by atoms with Gasteiger partial charge in [0.1, 0.15) is 0 Å². The van der Waals surface area contributed by atoms with Crippen molar-refractivity contribution in [2.45, 2.75) is 26.3 Å². The van der Waals surface area contributed by atoms with Crippen molar-refractivity contribution in [1.82, 2.24) is 20.0 Å². The van der Waals surface area contributed by atoms with Gasteiger partial charge in [0.05, 0.1) is 17.9 Å². The van der Waals surface area contributed by atoms with E-state index < -0.39 is 0 Å². The Labute approximate surface area is 147 Å². The number of thiazole rings is 1. The van der Waals surface area contributed by atoms with Crippen LogP contribution in [-0.2, 0) is 4.79 Å². The number of aryl methyl sites for hydroxylation is 1. The molecule has 0 spiro atoms. The number of carbonyl (C=O) groups excluding carboxylic acids is 2. The molecule has 126 valence electrons. The van der Waals surface area contributed by atoms with Crippen LogP contribution in [0.1, 0.15) is 28.7 Å². The van der Waals surface area contributed by atoms with E-state index in [0.717, 1.165) is 4.88 Å². The van der Waals surface area contributed by atoms with Crippen LogP contribution in [0.15, 0.2) is 6.20 Å². The zero-order valence-electron chi connectivity index (χ0n) is 13.2. The first-order valence-electron chi connectivity index (χ1n) is 7.53. The zero-order chi connectivity index (χ0) is 17.4. The van der Waals surface area contributed by atoms with Gasteiger partial charge < -0.3 is 10.6 Å². The SMILES string of the molecule is Cc1cn2c(C(=O)N[C@@H](C)CNC(=O)[C@@H]3C[C@H]3C#N)c(Cl)nc2s1. The van der Waals surface area contributed by atoms with Gasteiger partial charge in [-0.1, -0.05) is 11.6 Å². The molecule has 1 saturated carbocycles. The van der Waals surface area contributed by atoms with Crippen molar-refractivity contribution in [3.63, 3.8) is 0 Å². The Morgan fingerprint density at radius 2 is 2.38 bits per heavy atom. The molecule has 0 unspecified atom stereocenters. The second kappa shape index (κ2) is 6.42. The van der Waals surface area contributed by atoms with Crippen molar-refractivity contribution >= 4 is 39.7 Å². The number of carbonyl (C=O) groups is 2. The lowest BCUT2D eigenvalue weighted by Crippen LogP contribution is -2.42. The first-order chi connectivity index (χ1) is 11.4. The molecule has 0 aliphatic heterocycles. The van der Waals surface area contributed by atoms with E-state index in [-0.39, 0.29) is 34.8 Å². The molecule has 0 aromatic carbocycles. The second-order valence-corrected chi connectivity index (χ2v) is 7.51. The summed E-state index contributed by atoms with van der Waals surface area (Å²) in [4.78, 5) is 30.1. The minimum absolute atomic E-state index is 0.138. The lowest BCUT2D eigenvalue weighted by atomic mass is 10.2. The highest BCUT2D eigenvalue weighted by Gasteiger charge is 2.43. The molecule has 1 aliphatic carbocycles. The summed E-state index contributed by atoms with van der Waals surface area (Å²) in [6, 6.07) is 1.80. The zero-order valence-corrected chi connectivity index (χ0v) is 14.7. The van der Waals surface area contributed by atoms with Gasteiger partial charge in [0.25, 0.3) is 5.91 Å². The van der Waals surface area contributed by atoms with Crippen LogP contribution in [0.3, 0.4) is 0 Å². The predicted octanol–water partition coefficient (Wildman–Crippen LogP) is 1.75. The van der Waals surface area contributed by atoms with Gasteiger partial charge in [-0.3, -0.25) is 14.0 Å². The van der Waals surface area contributed by atoms with Crippen LogP contribution in [-0.4, -0.2) is 33.8 Å². The number of hydrogen-bond acceptors (Lipinski definition) is 5. The molecule has 0 bridgehead atoms. The van der Waals surface area contributed by atoms with Crippen molar-refractivity contribution in [2.75, 3.05) is 6.54 Å². The number of hydrogen-bond donors (Lipinski definition) is 2. The van der Waals surface area contributed by atoms with Crippen LogP contribution in [0.25, 0.3) is 4.96 Å². The molecule has 1 fully saturated rings. The number of nitrogens with one attached hydrogen (secondary N) is 2. The maximum absolute atomic E-state index is 12.4. The molecule has 7 nitrogen and oxygen atoms in total. The maximum Gasteiger partial charge on any atom is 0.271 e. The lowest BCUT2D eigenvalue weighted by molar-refractivity contribution is -0.122. The predicted molar refractivity (Wildman–Crippen MR) is 90.0 cm³/mol. The fourth-order valence-corrected chi connectivity index (χ4v) is 3.62. The number of nitriles is 1. The van der Waals surface area contributed by atoms with Gasteiger partial charge >= 0.3 is 0 Å². The first kappa shape index (κ1) is 16.7. The Kier molecular flexibility index (Phi) is 4.47. The quantitative estimate of drug-likeness (QED) is 0.843. The number of amides is 2. The molecular weight excluding hydrogens is 350 g/mol. The van der Waals surface area contributed by atoms with Gasteiger partial charge in [-0.05, 0) is 20.3 Å². The van der Waals surface area contributed by atoms with Crippen LogP contribution in [0, 0.1) is 30.1 Å². The van der Waals surface area contributed by atoms with Gasteiger partial charge in [-0.15, -0.1) is 11.3 Å². The van der Waals surface area contributed by atoms with Gasteiger partial charge in [-0.25, -0.2) is 4.98 Å². The van der Waals surface area contributed by atoms with E-state index in [9.17, 15) is 9.59 Å². The molecule has 3 rings (SSSR count). The van der Waals surface area contributed by atoms with Crippen molar-refractivity contribution in [3.05, 3.63) is 21.9 Å². The summed E-state index contributed by atoms with van der Waals surface area (Å²) >= 11 is 7.52. The average Bonchev–Trinajstić information content (AvgIpc) is 3.14. The summed E-state index contributed by atoms with van der Waals surface area (Å²) in [6.07, 6.45) is 2.43. The summed E-state index contributed by atoms with van der Waals surface area (Å²) < 4.78 is 1.67. The van der Waals surface area contributed by atoms with Gasteiger partial charge in [0.15, 0.2) is 15.8 Å². The fourth-order valence-electron chi connectivity index (χ4n) is 2.49. The normalized spacial score (nSPS) is 20.4. The standard InChI is InChI=1S/C15H16ClN5O2S/c1-7(5-18-13(22)10-3-9(10)4-17)19-14(23)11-12(16)20-15-21(11)6-8(2)24-15/h6-7,9-10H,3,5H2,1-2H3,(H,18,22)(H,19,23)/t7-,9-,10+/m0/s1. The largest absolute Gasteiger partial charge is 0.354 e. The van der Waals surface area contributed by atoms with Crippen LogP contribution in [0.5, 0.6) is 0 Å². The van der Waals surface area contributed by atoms with Crippen LogP contribution in [0.4, 0.5) is 0 Å². The minimum Gasteiger partial charge on any atom is -0.354 e. The van der Waals surface area contributed by atoms with Crippen LogP contribution >= 0.6 is 22.9 Å². The summed E-state index contributed by atoms with van der Waals surface area (Å²) in [5, 5.41) is 14.5. The van der Waals surface area contributed by atoms with E-state index in [4.69, 9.17) is 16.9 Å². The summed E-state index contributed by atoms with van der Waals surface area (Å²) in [7, 11) is 0. The Hall–Kier alpha value is -2.11. The molecule has 9 heteroatoms. The van der Waals surface area contributed by atoms with Gasteiger partial charge in [0, 0.05) is 23.7 Å². The molecule has 1 aliphatic rings. The van der Waals surface area contributed by atoms with Crippen molar-refractivity contribution < 1.29 is 9.59 Å². The molecule has 2 N–H and O–H groups in total. The summed E-state index contributed by atoms with van der Waals surface area (Å²) in [5.41, 5.74) is 0.293.